The summed E-state index contributed by atoms with van der Waals surface area (Å²) < 4.78 is 14.8. The zero-order valence-corrected chi connectivity index (χ0v) is 11.2. The van der Waals surface area contributed by atoms with Gasteiger partial charge in [-0.15, -0.1) is 0 Å². The molecule has 0 spiro atoms. The molecule has 2 N–H and O–H groups in total. The maximum Gasteiger partial charge on any atom is 0.275 e. The number of primary amides is 1. The van der Waals surface area contributed by atoms with Crippen molar-refractivity contribution in [2.75, 3.05) is 0 Å². The van der Waals surface area contributed by atoms with Gasteiger partial charge in [-0.25, -0.2) is 9.65 Å². The molecule has 0 unspecified atom stereocenters. The molecule has 1 amide bonds. The number of nitrogens with zero attached hydrogens (tertiary/aromatic N) is 3. The normalized spacial score (nSPS) is 13.6. The largest absolute Gasteiger partial charge is 0.365 e. The van der Waals surface area contributed by atoms with Crippen molar-refractivity contribution >= 4 is 12.6 Å². The van der Waals surface area contributed by atoms with Gasteiger partial charge in [-0.3, -0.25) is 9.48 Å². The number of amides is 1. The number of nitriles is 1. The summed E-state index contributed by atoms with van der Waals surface area (Å²) in [5.41, 5.74) is 7.61. The Morgan fingerprint density at radius 2 is 2.14 bits per heavy atom. The van der Waals surface area contributed by atoms with E-state index in [-0.39, 0.29) is 12.5 Å². The van der Waals surface area contributed by atoms with Crippen LogP contribution in [0.5, 0.6) is 0 Å². The Kier molecular flexibility index (Phi) is 3.22. The number of fused-ring (bicyclic) bond motifs is 1. The average Bonchev–Trinajstić information content (AvgIpc) is 2.86. The van der Waals surface area contributed by atoms with E-state index in [2.05, 4.69) is 11.1 Å². The molecular formula is C14H12BFN4O. The van der Waals surface area contributed by atoms with Crippen molar-refractivity contribution in [2.24, 2.45) is 5.73 Å². The number of carbonyl (C=O) groups is 1. The first-order chi connectivity index (χ1) is 10.1. The molecule has 2 aromatic rings. The molecule has 0 bridgehead atoms. The van der Waals surface area contributed by atoms with Crippen LogP contribution in [0.2, 0.25) is 6.32 Å². The van der Waals surface area contributed by atoms with Gasteiger partial charge < -0.3 is 5.73 Å². The number of benzene rings is 1. The number of hydrogen-bond donors (Lipinski definition) is 1. The highest BCUT2D eigenvalue weighted by molar-refractivity contribution is 6.66. The first-order valence-corrected chi connectivity index (χ1v) is 6.65. The summed E-state index contributed by atoms with van der Waals surface area (Å²) in [7, 11) is 0. The highest BCUT2D eigenvalue weighted by Gasteiger charge is 2.30. The van der Waals surface area contributed by atoms with Crippen LogP contribution in [0, 0.1) is 17.0 Å². The van der Waals surface area contributed by atoms with E-state index in [0.29, 0.717) is 41.7 Å². The van der Waals surface area contributed by atoms with Crippen LogP contribution >= 0.6 is 0 Å². The molecule has 0 saturated heterocycles. The lowest BCUT2D eigenvalue weighted by atomic mass is 9.45. The van der Waals surface area contributed by atoms with Crippen LogP contribution in [0.3, 0.4) is 0 Å². The average molecular weight is 282 g/mol. The van der Waals surface area contributed by atoms with Crippen LogP contribution < -0.4 is 5.73 Å². The molecule has 0 atom stereocenters. The topological polar surface area (TPSA) is 84.7 Å². The predicted octanol–water partition coefficient (Wildman–Crippen LogP) is 1.44. The van der Waals surface area contributed by atoms with Crippen LogP contribution in [0.15, 0.2) is 24.3 Å². The predicted molar refractivity (Wildman–Crippen MR) is 76.0 cm³/mol. The van der Waals surface area contributed by atoms with Gasteiger partial charge >= 0.3 is 0 Å². The third-order valence-corrected chi connectivity index (χ3v) is 3.73. The van der Waals surface area contributed by atoms with Crippen LogP contribution in [-0.2, 0) is 12.9 Å². The van der Waals surface area contributed by atoms with Crippen molar-refractivity contribution in [2.45, 2.75) is 19.2 Å². The first kappa shape index (κ1) is 13.4. The van der Waals surface area contributed by atoms with Crippen LogP contribution in [0.25, 0.3) is 11.3 Å². The minimum Gasteiger partial charge on any atom is -0.365 e. The van der Waals surface area contributed by atoms with Gasteiger partial charge in [-0.2, -0.15) is 5.10 Å². The molecular weight excluding hydrogens is 270 g/mol. The van der Waals surface area contributed by atoms with Gasteiger partial charge in [0.2, 0.25) is 0 Å². The minimum absolute atomic E-state index is 0.131. The van der Waals surface area contributed by atoms with E-state index in [0.717, 1.165) is 0 Å². The number of carbonyl (C=O) groups excluding carboxylic acids is 1. The van der Waals surface area contributed by atoms with Crippen molar-refractivity contribution in [3.63, 3.8) is 0 Å². The van der Waals surface area contributed by atoms with E-state index in [1.807, 2.05) is 0 Å². The molecule has 3 rings (SSSR count). The number of aryl methyl sites for hydroxylation is 1. The van der Waals surface area contributed by atoms with E-state index in [1.165, 1.54) is 12.1 Å². The van der Waals surface area contributed by atoms with Gasteiger partial charge in [0.15, 0.2) is 0 Å². The monoisotopic (exact) mass is 282 g/mol. The number of halogens is 1. The quantitative estimate of drug-likeness (QED) is 0.846. The number of rotatable bonds is 2. The van der Waals surface area contributed by atoms with E-state index in [9.17, 15) is 9.18 Å². The number of hydrogen-bond acceptors (Lipinski definition) is 3. The summed E-state index contributed by atoms with van der Waals surface area (Å²) in [5, 5.41) is 13.5. The summed E-state index contributed by atoms with van der Waals surface area (Å²) in [6.07, 6.45) is 1.16. The van der Waals surface area contributed by atoms with Gasteiger partial charge in [-0.05, 0) is 36.9 Å². The van der Waals surface area contributed by atoms with Gasteiger partial charge in [0.1, 0.15) is 11.5 Å². The minimum atomic E-state index is -0.575. The smallest absolute Gasteiger partial charge is 0.275 e. The van der Waals surface area contributed by atoms with Gasteiger partial charge in [0.25, 0.3) is 12.6 Å². The van der Waals surface area contributed by atoms with Crippen molar-refractivity contribution in [3.8, 4) is 17.2 Å². The lowest BCUT2D eigenvalue weighted by Crippen LogP contribution is -2.28. The van der Waals surface area contributed by atoms with Crippen molar-refractivity contribution in [1.29, 1.82) is 5.26 Å². The Hall–Kier alpha value is -2.62. The van der Waals surface area contributed by atoms with Crippen molar-refractivity contribution in [3.05, 3.63) is 41.3 Å². The van der Waals surface area contributed by atoms with Gasteiger partial charge in [0, 0.05) is 23.8 Å². The second-order valence-corrected chi connectivity index (χ2v) is 5.08. The fourth-order valence-corrected chi connectivity index (χ4v) is 2.68. The SMILES string of the molecule is N#CB1CCn2nc(-c3ccc(F)cc3)c(C(N)=O)c2C1. The first-order valence-electron chi connectivity index (χ1n) is 6.65. The molecule has 0 aliphatic carbocycles. The van der Waals surface area contributed by atoms with Gasteiger partial charge in [0.05, 0.1) is 5.56 Å². The van der Waals surface area contributed by atoms with Crippen LogP contribution in [0.1, 0.15) is 16.1 Å². The van der Waals surface area contributed by atoms with E-state index >= 15 is 0 Å². The third-order valence-electron chi connectivity index (χ3n) is 3.73. The highest BCUT2D eigenvalue weighted by Crippen LogP contribution is 2.28. The summed E-state index contributed by atoms with van der Waals surface area (Å²) in [6.45, 7) is 0.447. The van der Waals surface area contributed by atoms with E-state index in [4.69, 9.17) is 11.0 Å². The molecule has 1 aromatic heterocycles. The Morgan fingerprint density at radius 1 is 1.43 bits per heavy atom. The van der Waals surface area contributed by atoms with E-state index in [1.54, 1.807) is 16.8 Å². The van der Waals surface area contributed by atoms with E-state index < -0.39 is 5.91 Å². The summed E-state index contributed by atoms with van der Waals surface area (Å²) in [6, 6.07) is 5.77. The highest BCUT2D eigenvalue weighted by atomic mass is 19.1. The Balaban J connectivity index is 2.14. The molecule has 0 radical (unpaired) electrons. The molecule has 2 heterocycles. The summed E-state index contributed by atoms with van der Waals surface area (Å²) >= 11 is 0. The molecule has 0 fully saturated rings. The second kappa shape index (κ2) is 5.06. The van der Waals surface area contributed by atoms with Crippen molar-refractivity contribution in [1.82, 2.24) is 9.78 Å². The van der Waals surface area contributed by atoms with Crippen LogP contribution in [-0.4, -0.2) is 22.4 Å². The molecule has 1 aliphatic heterocycles. The lowest BCUT2D eigenvalue weighted by Gasteiger charge is -2.15. The Labute approximate surface area is 121 Å². The standard InChI is InChI=1S/C14H12BFN4O/c16-10-3-1-9(2-4-10)13-12(14(18)21)11-7-15(8-17)5-6-20(11)19-13/h1-4H,5-7H2,(H2,18,21). The maximum absolute atomic E-state index is 13.0. The number of nitrogens with two attached hydrogens (primary N) is 1. The summed E-state index contributed by atoms with van der Waals surface area (Å²) in [4.78, 5) is 11.8. The molecule has 104 valence electrons. The molecule has 21 heavy (non-hydrogen) atoms. The molecule has 5 nitrogen and oxygen atoms in total. The maximum atomic E-state index is 13.0. The lowest BCUT2D eigenvalue weighted by molar-refractivity contribution is 0.1000. The fraction of sp³-hybridized carbons (Fsp3) is 0.214. The second-order valence-electron chi connectivity index (χ2n) is 5.08. The Bertz CT molecular complexity index is 748. The Morgan fingerprint density at radius 3 is 2.76 bits per heavy atom. The molecule has 0 saturated carbocycles. The zero-order valence-electron chi connectivity index (χ0n) is 11.2. The molecule has 1 aromatic carbocycles. The zero-order chi connectivity index (χ0) is 15.0. The van der Waals surface area contributed by atoms with Gasteiger partial charge in [-0.1, -0.05) is 0 Å². The summed E-state index contributed by atoms with van der Waals surface area (Å²) in [5.74, 6) is 1.30. The fourth-order valence-electron chi connectivity index (χ4n) is 2.68. The van der Waals surface area contributed by atoms with Crippen LogP contribution in [0.4, 0.5) is 4.39 Å². The molecule has 7 heteroatoms. The molecule has 1 aliphatic rings. The number of aromatic nitrogens is 2. The van der Waals surface area contributed by atoms with Crippen molar-refractivity contribution < 1.29 is 9.18 Å². The third kappa shape index (κ3) is 2.29.